The van der Waals surface area contributed by atoms with Crippen molar-refractivity contribution in [3.05, 3.63) is 83.9 Å². The first-order valence-electron chi connectivity index (χ1n) is 10.5. The van der Waals surface area contributed by atoms with Crippen LogP contribution in [0.4, 0.5) is 5.69 Å². The number of amides is 1. The largest absolute Gasteiger partial charge is 0.495 e. The van der Waals surface area contributed by atoms with E-state index in [2.05, 4.69) is 10.0 Å². The zero-order chi connectivity index (χ0) is 24.0. The van der Waals surface area contributed by atoms with Crippen LogP contribution in [-0.4, -0.2) is 34.6 Å². The van der Waals surface area contributed by atoms with Crippen LogP contribution in [0.1, 0.15) is 11.1 Å². The summed E-state index contributed by atoms with van der Waals surface area (Å²) in [4.78, 5) is 12.3. The molecule has 0 bridgehead atoms. The minimum Gasteiger partial charge on any atom is -0.495 e. The van der Waals surface area contributed by atoms with Crippen molar-refractivity contribution in [2.75, 3.05) is 25.0 Å². The van der Waals surface area contributed by atoms with Gasteiger partial charge < -0.3 is 19.5 Å². The van der Waals surface area contributed by atoms with Gasteiger partial charge in [-0.05, 0) is 53.6 Å². The number of nitrogens with one attached hydrogen (secondary N) is 2. The molecule has 0 aliphatic carbocycles. The Kier molecular flexibility index (Phi) is 7.03. The fraction of sp³-hybridized carbons (Fsp3) is 0.160. The highest BCUT2D eigenvalue weighted by molar-refractivity contribution is 7.92. The molecule has 0 saturated heterocycles. The third-order valence-corrected chi connectivity index (χ3v) is 6.42. The van der Waals surface area contributed by atoms with Gasteiger partial charge in [0.05, 0.1) is 17.7 Å². The van der Waals surface area contributed by atoms with Crippen LogP contribution in [0, 0.1) is 0 Å². The van der Waals surface area contributed by atoms with Gasteiger partial charge in [-0.25, -0.2) is 8.42 Å². The van der Waals surface area contributed by atoms with Gasteiger partial charge >= 0.3 is 0 Å². The molecule has 9 heteroatoms. The summed E-state index contributed by atoms with van der Waals surface area (Å²) in [5, 5.41) is 2.81. The summed E-state index contributed by atoms with van der Waals surface area (Å²) in [5.41, 5.74) is 1.93. The Balaban J connectivity index is 1.34. The average molecular weight is 481 g/mol. The zero-order valence-electron chi connectivity index (χ0n) is 18.5. The van der Waals surface area contributed by atoms with Crippen LogP contribution in [0.15, 0.2) is 77.7 Å². The predicted molar refractivity (Wildman–Crippen MR) is 129 cm³/mol. The van der Waals surface area contributed by atoms with Gasteiger partial charge in [0.2, 0.25) is 5.91 Å². The number of anilines is 1. The maximum absolute atomic E-state index is 12.7. The molecule has 1 aliphatic rings. The van der Waals surface area contributed by atoms with E-state index in [4.69, 9.17) is 14.2 Å². The predicted octanol–water partition coefficient (Wildman–Crippen LogP) is 3.60. The molecule has 0 spiro atoms. The molecule has 0 radical (unpaired) electrons. The van der Waals surface area contributed by atoms with Crippen molar-refractivity contribution in [1.29, 1.82) is 0 Å². The Bertz CT molecular complexity index is 1300. The van der Waals surface area contributed by atoms with Gasteiger partial charge in [-0.1, -0.05) is 30.3 Å². The lowest BCUT2D eigenvalue weighted by Gasteiger charge is -2.18. The fourth-order valence-electron chi connectivity index (χ4n) is 3.31. The Morgan fingerprint density at radius 3 is 2.50 bits per heavy atom. The van der Waals surface area contributed by atoms with Crippen LogP contribution in [0.3, 0.4) is 0 Å². The Morgan fingerprint density at radius 1 is 1.00 bits per heavy atom. The molecule has 1 aliphatic heterocycles. The Labute approximate surface area is 198 Å². The van der Waals surface area contributed by atoms with E-state index < -0.39 is 10.0 Å². The van der Waals surface area contributed by atoms with Crippen molar-refractivity contribution in [3.8, 4) is 17.2 Å². The number of sulfonamides is 1. The minimum absolute atomic E-state index is 0.0959. The number of carbonyl (C=O) groups is 1. The Hall–Kier alpha value is -3.98. The summed E-state index contributed by atoms with van der Waals surface area (Å²) in [5.74, 6) is 1.52. The molecular weight excluding hydrogens is 456 g/mol. The number of carbonyl (C=O) groups excluding carboxylic acids is 1. The number of benzene rings is 3. The highest BCUT2D eigenvalue weighted by Crippen LogP contribution is 2.30. The van der Waals surface area contributed by atoms with Gasteiger partial charge in [0.1, 0.15) is 19.0 Å². The molecule has 0 unspecified atom stereocenters. The summed E-state index contributed by atoms with van der Waals surface area (Å²) in [7, 11) is -2.32. The van der Waals surface area contributed by atoms with Crippen LogP contribution in [-0.2, 0) is 21.4 Å². The maximum Gasteiger partial charge on any atom is 0.262 e. The fourth-order valence-corrected chi connectivity index (χ4v) is 4.38. The first-order chi connectivity index (χ1) is 16.4. The second-order valence-corrected chi connectivity index (χ2v) is 9.09. The minimum atomic E-state index is -3.79. The summed E-state index contributed by atoms with van der Waals surface area (Å²) >= 11 is 0. The number of hydrogen-bond acceptors (Lipinski definition) is 6. The molecule has 0 saturated carbocycles. The number of hydrogen-bond donors (Lipinski definition) is 2. The highest BCUT2D eigenvalue weighted by Gasteiger charge is 2.16. The third-order valence-electron chi connectivity index (χ3n) is 5.04. The molecule has 3 aromatic rings. The van der Waals surface area contributed by atoms with Crippen molar-refractivity contribution in [2.24, 2.45) is 0 Å². The molecule has 1 amide bonds. The van der Waals surface area contributed by atoms with Crippen LogP contribution >= 0.6 is 0 Å². The molecular formula is C25H24N2O6S. The third kappa shape index (κ3) is 5.68. The van der Waals surface area contributed by atoms with E-state index in [0.29, 0.717) is 48.3 Å². The molecule has 3 aromatic carbocycles. The zero-order valence-corrected chi connectivity index (χ0v) is 19.3. The first kappa shape index (κ1) is 23.2. The van der Waals surface area contributed by atoms with Crippen molar-refractivity contribution < 1.29 is 27.4 Å². The van der Waals surface area contributed by atoms with E-state index >= 15 is 0 Å². The number of para-hydroxylation sites is 2. The quantitative estimate of drug-likeness (QED) is 0.478. The summed E-state index contributed by atoms with van der Waals surface area (Å²) in [6, 6.07) is 18.5. The van der Waals surface area contributed by atoms with Crippen LogP contribution in [0.25, 0.3) is 6.08 Å². The summed E-state index contributed by atoms with van der Waals surface area (Å²) in [6.45, 7) is 1.37. The van der Waals surface area contributed by atoms with Crippen LogP contribution < -0.4 is 24.2 Å². The van der Waals surface area contributed by atoms with E-state index in [-0.39, 0.29) is 10.8 Å². The molecule has 0 fully saturated rings. The number of methoxy groups -OCH3 is 1. The molecule has 34 heavy (non-hydrogen) atoms. The van der Waals surface area contributed by atoms with E-state index in [9.17, 15) is 13.2 Å². The lowest BCUT2D eigenvalue weighted by Crippen LogP contribution is -2.21. The molecule has 0 aromatic heterocycles. The van der Waals surface area contributed by atoms with Gasteiger partial charge in [-0.2, -0.15) is 0 Å². The summed E-state index contributed by atoms with van der Waals surface area (Å²) in [6.07, 6.45) is 3.01. The van der Waals surface area contributed by atoms with E-state index in [0.717, 1.165) is 5.56 Å². The molecule has 176 valence electrons. The molecule has 1 heterocycles. The highest BCUT2D eigenvalue weighted by atomic mass is 32.2. The normalized spacial score (nSPS) is 12.9. The van der Waals surface area contributed by atoms with E-state index in [1.807, 2.05) is 18.2 Å². The standard InChI is InChI=1S/C25H24N2O6S/c1-31-22-5-3-2-4-21(22)27-34(29,30)20-10-6-18(7-11-20)9-13-25(28)26-17-19-8-12-23-24(16-19)33-15-14-32-23/h2-13,16,27H,14-15,17H2,1H3,(H,26,28)/b13-9+. The van der Waals surface area contributed by atoms with Gasteiger partial charge in [0, 0.05) is 12.6 Å². The van der Waals surface area contributed by atoms with Gasteiger partial charge in [0.25, 0.3) is 10.0 Å². The Morgan fingerprint density at radius 2 is 1.74 bits per heavy atom. The second kappa shape index (κ2) is 10.3. The van der Waals surface area contributed by atoms with Crippen molar-refractivity contribution in [3.63, 3.8) is 0 Å². The number of rotatable bonds is 8. The molecule has 4 rings (SSSR count). The van der Waals surface area contributed by atoms with E-state index in [1.165, 1.54) is 25.3 Å². The molecule has 0 atom stereocenters. The lowest BCUT2D eigenvalue weighted by atomic mass is 10.2. The van der Waals surface area contributed by atoms with Crippen LogP contribution in [0.5, 0.6) is 17.2 Å². The van der Waals surface area contributed by atoms with Crippen molar-refractivity contribution in [1.82, 2.24) is 5.32 Å². The van der Waals surface area contributed by atoms with Gasteiger partial charge in [-0.15, -0.1) is 0 Å². The summed E-state index contributed by atoms with van der Waals surface area (Å²) < 4.78 is 44.1. The monoisotopic (exact) mass is 480 g/mol. The maximum atomic E-state index is 12.7. The molecule has 8 nitrogen and oxygen atoms in total. The second-order valence-electron chi connectivity index (χ2n) is 7.40. The average Bonchev–Trinajstić information content (AvgIpc) is 2.86. The van der Waals surface area contributed by atoms with Crippen molar-refractivity contribution in [2.45, 2.75) is 11.4 Å². The van der Waals surface area contributed by atoms with E-state index in [1.54, 1.807) is 42.5 Å². The van der Waals surface area contributed by atoms with Crippen molar-refractivity contribution >= 4 is 27.7 Å². The lowest BCUT2D eigenvalue weighted by molar-refractivity contribution is -0.116. The number of ether oxygens (including phenoxy) is 3. The SMILES string of the molecule is COc1ccccc1NS(=O)(=O)c1ccc(/C=C/C(=O)NCc2ccc3c(c2)OCCO3)cc1. The molecule has 2 N–H and O–H groups in total. The topological polar surface area (TPSA) is 103 Å². The van der Waals surface area contributed by atoms with Gasteiger partial charge in [0.15, 0.2) is 11.5 Å². The first-order valence-corrected chi connectivity index (χ1v) is 12.0. The van der Waals surface area contributed by atoms with Crippen LogP contribution in [0.2, 0.25) is 0 Å². The smallest absolute Gasteiger partial charge is 0.262 e. The number of fused-ring (bicyclic) bond motifs is 1. The van der Waals surface area contributed by atoms with Gasteiger partial charge in [-0.3, -0.25) is 9.52 Å².